The van der Waals surface area contributed by atoms with Crippen molar-refractivity contribution in [2.45, 2.75) is 34.2 Å². The molecule has 2 heterocycles. The van der Waals surface area contributed by atoms with Crippen molar-refractivity contribution in [1.82, 2.24) is 19.6 Å². The van der Waals surface area contributed by atoms with Crippen molar-refractivity contribution in [2.24, 2.45) is 5.92 Å². The molecule has 6 nitrogen and oxygen atoms in total. The Bertz CT molecular complexity index is 1070. The van der Waals surface area contributed by atoms with Gasteiger partial charge >= 0.3 is 0 Å². The third-order valence-electron chi connectivity index (χ3n) is 6.52. The fourth-order valence-corrected chi connectivity index (χ4v) is 4.70. The van der Waals surface area contributed by atoms with Crippen LogP contribution in [0, 0.1) is 12.8 Å². The molecule has 1 aliphatic heterocycles. The maximum absolute atomic E-state index is 13.5. The van der Waals surface area contributed by atoms with Gasteiger partial charge in [0.2, 0.25) is 0 Å². The predicted octanol–water partition coefficient (Wildman–Crippen LogP) is 4.62. The summed E-state index contributed by atoms with van der Waals surface area (Å²) in [7, 11) is 0. The molecule has 3 aromatic rings. The highest BCUT2D eigenvalue weighted by Crippen LogP contribution is 2.30. The smallest absolute Gasteiger partial charge is 0.254 e. The predicted molar refractivity (Wildman–Crippen MR) is 139 cm³/mol. The summed E-state index contributed by atoms with van der Waals surface area (Å²) >= 11 is 0. The second-order valence-electron chi connectivity index (χ2n) is 9.50. The highest BCUT2D eigenvalue weighted by molar-refractivity contribution is 5.94. The first-order valence-corrected chi connectivity index (χ1v) is 12.4. The quantitative estimate of drug-likeness (QED) is 0.493. The minimum atomic E-state index is 0.0721. The van der Waals surface area contributed by atoms with Gasteiger partial charge in [0.1, 0.15) is 5.82 Å². The number of hydrogen-bond acceptors (Lipinski definition) is 4. The molecule has 1 aliphatic rings. The number of nitrogens with zero attached hydrogens (tertiary/aromatic N) is 5. The number of aryl methyl sites for hydroxylation is 1. The molecule has 34 heavy (non-hydrogen) atoms. The lowest BCUT2D eigenvalue weighted by Gasteiger charge is -2.36. The largest absolute Gasteiger partial charge is 0.354 e. The molecule has 1 fully saturated rings. The van der Waals surface area contributed by atoms with E-state index in [1.165, 1.54) is 0 Å². The maximum atomic E-state index is 13.5. The van der Waals surface area contributed by atoms with E-state index in [0.29, 0.717) is 19.0 Å². The van der Waals surface area contributed by atoms with Crippen LogP contribution in [0.3, 0.4) is 0 Å². The molecule has 1 aromatic heterocycles. The summed E-state index contributed by atoms with van der Waals surface area (Å²) in [5.74, 6) is 1.56. The number of carbonyl (C=O) groups is 1. The van der Waals surface area contributed by atoms with Crippen LogP contribution in [0.2, 0.25) is 0 Å². The number of aromatic nitrogens is 2. The minimum absolute atomic E-state index is 0.0721. The Morgan fingerprint density at radius 1 is 0.971 bits per heavy atom. The third kappa shape index (κ3) is 5.33. The standard InChI is InChI=1S/C28H37N5O/c1-5-30-16-18-31(19-17-30)27-26(23(4)29-33(27)25-14-10-7-11-15-25)21-32(20-22(2)3)28(34)24-12-8-6-9-13-24/h6-15,22H,5,16-21H2,1-4H3. The third-order valence-corrected chi connectivity index (χ3v) is 6.52. The second-order valence-corrected chi connectivity index (χ2v) is 9.50. The molecule has 0 spiro atoms. The first kappa shape index (κ1) is 24.0. The molecule has 1 saturated heterocycles. The molecular weight excluding hydrogens is 422 g/mol. The first-order valence-electron chi connectivity index (χ1n) is 12.4. The van der Waals surface area contributed by atoms with Crippen LogP contribution in [0.5, 0.6) is 0 Å². The van der Waals surface area contributed by atoms with E-state index in [-0.39, 0.29) is 5.91 Å². The van der Waals surface area contributed by atoms with Crippen LogP contribution >= 0.6 is 0 Å². The average Bonchev–Trinajstić information content (AvgIpc) is 3.19. The fourth-order valence-electron chi connectivity index (χ4n) is 4.70. The number of rotatable bonds is 8. The Morgan fingerprint density at radius 2 is 1.59 bits per heavy atom. The zero-order chi connectivity index (χ0) is 24.1. The van der Waals surface area contributed by atoms with Crippen molar-refractivity contribution in [3.8, 4) is 5.69 Å². The van der Waals surface area contributed by atoms with Crippen LogP contribution in [0.15, 0.2) is 60.7 Å². The number of carbonyl (C=O) groups excluding carboxylic acids is 1. The molecule has 0 radical (unpaired) electrons. The van der Waals surface area contributed by atoms with Gasteiger partial charge in [0.25, 0.3) is 5.91 Å². The zero-order valence-electron chi connectivity index (χ0n) is 20.9. The van der Waals surface area contributed by atoms with Gasteiger partial charge in [-0.05, 0) is 43.7 Å². The van der Waals surface area contributed by atoms with E-state index in [9.17, 15) is 4.79 Å². The molecule has 4 rings (SSSR count). The van der Waals surface area contributed by atoms with E-state index in [2.05, 4.69) is 66.4 Å². The van der Waals surface area contributed by atoms with Crippen molar-refractivity contribution in [2.75, 3.05) is 44.2 Å². The number of para-hydroxylation sites is 1. The van der Waals surface area contributed by atoms with Gasteiger partial charge in [-0.3, -0.25) is 4.79 Å². The van der Waals surface area contributed by atoms with E-state index in [4.69, 9.17) is 5.10 Å². The molecule has 2 aromatic carbocycles. The van der Waals surface area contributed by atoms with Gasteiger partial charge < -0.3 is 14.7 Å². The first-order chi connectivity index (χ1) is 16.5. The monoisotopic (exact) mass is 459 g/mol. The van der Waals surface area contributed by atoms with E-state index in [1.54, 1.807) is 0 Å². The molecule has 6 heteroatoms. The number of amides is 1. The van der Waals surface area contributed by atoms with Crippen LogP contribution in [0.25, 0.3) is 5.69 Å². The van der Waals surface area contributed by atoms with Gasteiger partial charge in [0.15, 0.2) is 0 Å². The summed E-state index contributed by atoms with van der Waals surface area (Å²) in [5, 5.41) is 4.98. The van der Waals surface area contributed by atoms with Crippen LogP contribution in [0.4, 0.5) is 5.82 Å². The summed E-state index contributed by atoms with van der Waals surface area (Å²) in [5.41, 5.74) is 3.90. The maximum Gasteiger partial charge on any atom is 0.254 e. The molecule has 0 aliphatic carbocycles. The average molecular weight is 460 g/mol. The van der Waals surface area contributed by atoms with Gasteiger partial charge in [0.05, 0.1) is 17.9 Å². The van der Waals surface area contributed by atoms with Gasteiger partial charge in [-0.2, -0.15) is 5.10 Å². The number of likely N-dealkylation sites (N-methyl/N-ethyl adjacent to an activating group) is 1. The van der Waals surface area contributed by atoms with Crippen molar-refractivity contribution in [1.29, 1.82) is 0 Å². The van der Waals surface area contributed by atoms with Crippen LogP contribution in [-0.4, -0.2) is 64.8 Å². The number of hydrogen-bond donors (Lipinski definition) is 0. The van der Waals surface area contributed by atoms with Gasteiger partial charge in [-0.25, -0.2) is 4.68 Å². The highest BCUT2D eigenvalue weighted by atomic mass is 16.2. The summed E-state index contributed by atoms with van der Waals surface area (Å²) in [6, 6.07) is 19.9. The Labute approximate surface area is 203 Å². The fraction of sp³-hybridized carbons (Fsp3) is 0.429. The minimum Gasteiger partial charge on any atom is -0.354 e. The van der Waals surface area contributed by atoms with E-state index >= 15 is 0 Å². The van der Waals surface area contributed by atoms with Crippen molar-refractivity contribution in [3.05, 3.63) is 77.5 Å². The summed E-state index contributed by atoms with van der Waals surface area (Å²) in [6.07, 6.45) is 0. The number of piperazine rings is 1. The van der Waals surface area contributed by atoms with Gasteiger partial charge in [-0.15, -0.1) is 0 Å². The second kappa shape index (κ2) is 10.9. The SMILES string of the molecule is CCN1CCN(c2c(CN(CC(C)C)C(=O)c3ccccc3)c(C)nn2-c2ccccc2)CC1. The van der Waals surface area contributed by atoms with Crippen molar-refractivity contribution >= 4 is 11.7 Å². The lowest BCUT2D eigenvalue weighted by molar-refractivity contribution is 0.0722. The Hall–Kier alpha value is -3.12. The van der Waals surface area contributed by atoms with Crippen molar-refractivity contribution in [3.63, 3.8) is 0 Å². The highest BCUT2D eigenvalue weighted by Gasteiger charge is 2.28. The molecule has 0 bridgehead atoms. The van der Waals surface area contributed by atoms with Crippen LogP contribution in [0.1, 0.15) is 42.4 Å². The topological polar surface area (TPSA) is 44.6 Å². The van der Waals surface area contributed by atoms with Gasteiger partial charge in [0, 0.05) is 43.9 Å². The summed E-state index contributed by atoms with van der Waals surface area (Å²) < 4.78 is 2.08. The molecule has 0 N–H and O–H groups in total. The van der Waals surface area contributed by atoms with Crippen LogP contribution in [-0.2, 0) is 6.54 Å². The molecular formula is C28H37N5O. The number of anilines is 1. The Balaban J connectivity index is 1.73. The molecule has 0 saturated carbocycles. The summed E-state index contributed by atoms with van der Waals surface area (Å²) in [6.45, 7) is 14.9. The lowest BCUT2D eigenvalue weighted by atomic mass is 10.1. The Morgan fingerprint density at radius 3 is 2.18 bits per heavy atom. The Kier molecular flexibility index (Phi) is 7.68. The van der Waals surface area contributed by atoms with E-state index < -0.39 is 0 Å². The molecule has 1 amide bonds. The zero-order valence-corrected chi connectivity index (χ0v) is 20.9. The lowest BCUT2D eigenvalue weighted by Crippen LogP contribution is -2.47. The van der Waals surface area contributed by atoms with Gasteiger partial charge in [-0.1, -0.05) is 57.2 Å². The number of benzene rings is 2. The van der Waals surface area contributed by atoms with Crippen molar-refractivity contribution < 1.29 is 4.79 Å². The normalized spacial score (nSPS) is 14.6. The molecule has 180 valence electrons. The molecule has 0 atom stereocenters. The van der Waals surface area contributed by atoms with E-state index in [0.717, 1.165) is 61.0 Å². The van der Waals surface area contributed by atoms with E-state index in [1.807, 2.05) is 41.3 Å². The molecule has 0 unspecified atom stereocenters. The van der Waals surface area contributed by atoms with Crippen LogP contribution < -0.4 is 4.90 Å². The summed E-state index contributed by atoms with van der Waals surface area (Å²) in [4.78, 5) is 20.4.